The Morgan fingerprint density at radius 2 is 2.00 bits per heavy atom. The number of carboxylic acids is 1. The van der Waals surface area contributed by atoms with Crippen molar-refractivity contribution in [1.82, 2.24) is 0 Å². The van der Waals surface area contributed by atoms with E-state index in [1.807, 2.05) is 10.8 Å². The smallest absolute Gasteiger partial charge is 0.303 e. The molecule has 0 aliphatic heterocycles. The fraction of sp³-hybridized carbons (Fsp3) is 0.909. The van der Waals surface area contributed by atoms with Crippen LogP contribution in [0.2, 0.25) is 0 Å². The van der Waals surface area contributed by atoms with Crippen molar-refractivity contribution < 1.29 is 15.0 Å². The second-order valence-corrected chi connectivity index (χ2v) is 7.70. The fourth-order valence-electron chi connectivity index (χ4n) is 1.37. The Morgan fingerprint density at radius 3 is 2.61 bits per heavy atom. The molecule has 1 atom stereocenters. The molecule has 0 spiro atoms. The summed E-state index contributed by atoms with van der Waals surface area (Å²) in [6.45, 7) is 0.209. The van der Waals surface area contributed by atoms with Gasteiger partial charge in [0.15, 0.2) is 0 Å². The average Bonchev–Trinajstić information content (AvgIpc) is 2.34. The third kappa shape index (κ3) is 12.9. The van der Waals surface area contributed by atoms with Gasteiger partial charge in [0.1, 0.15) is 0 Å². The summed E-state index contributed by atoms with van der Waals surface area (Å²) in [7, 11) is 3.50. The van der Waals surface area contributed by atoms with E-state index in [-0.39, 0.29) is 13.0 Å². The Kier molecular flexibility index (Phi) is 14.2. The van der Waals surface area contributed by atoms with Gasteiger partial charge in [-0.05, 0) is 25.0 Å². The SMILES string of the molecule is NCSCCC(CCCCC(=O)O)SSCCO. The first-order chi connectivity index (χ1) is 8.70. The molecule has 1 unspecified atom stereocenters. The first-order valence-electron chi connectivity index (χ1n) is 6.09. The number of hydrogen-bond acceptors (Lipinski definition) is 6. The van der Waals surface area contributed by atoms with Gasteiger partial charge in [-0.1, -0.05) is 28.0 Å². The van der Waals surface area contributed by atoms with Crippen molar-refractivity contribution in [2.24, 2.45) is 5.73 Å². The molecular formula is C11H23NO3S3. The van der Waals surface area contributed by atoms with Crippen molar-refractivity contribution >= 4 is 39.3 Å². The quantitative estimate of drug-likeness (QED) is 0.273. The maximum Gasteiger partial charge on any atom is 0.303 e. The third-order valence-electron chi connectivity index (χ3n) is 2.25. The van der Waals surface area contributed by atoms with Gasteiger partial charge in [0.05, 0.1) is 6.61 Å². The van der Waals surface area contributed by atoms with Crippen LogP contribution in [-0.4, -0.2) is 45.4 Å². The van der Waals surface area contributed by atoms with E-state index < -0.39 is 5.97 Å². The van der Waals surface area contributed by atoms with Crippen LogP contribution in [0.4, 0.5) is 0 Å². The number of hydrogen-bond donors (Lipinski definition) is 3. The summed E-state index contributed by atoms with van der Waals surface area (Å²) >= 11 is 1.73. The minimum absolute atomic E-state index is 0.209. The molecule has 0 aromatic heterocycles. The van der Waals surface area contributed by atoms with Crippen LogP contribution in [0.15, 0.2) is 0 Å². The van der Waals surface area contributed by atoms with Gasteiger partial charge in [-0.25, -0.2) is 0 Å². The minimum atomic E-state index is -0.715. The number of rotatable bonds is 13. The zero-order valence-electron chi connectivity index (χ0n) is 10.5. The summed E-state index contributed by atoms with van der Waals surface area (Å²) in [6.07, 6.45) is 4.11. The molecule has 0 radical (unpaired) electrons. The molecule has 0 aliphatic rings. The number of thioether (sulfide) groups is 1. The minimum Gasteiger partial charge on any atom is -0.481 e. The van der Waals surface area contributed by atoms with Crippen LogP contribution < -0.4 is 5.73 Å². The summed E-state index contributed by atoms with van der Waals surface area (Å²) < 4.78 is 0. The molecule has 7 heteroatoms. The number of carboxylic acid groups (broad SMARTS) is 1. The van der Waals surface area contributed by atoms with E-state index in [4.69, 9.17) is 15.9 Å². The van der Waals surface area contributed by atoms with E-state index in [2.05, 4.69) is 0 Å². The summed E-state index contributed by atoms with van der Waals surface area (Å²) in [5, 5.41) is 17.9. The van der Waals surface area contributed by atoms with Gasteiger partial charge in [-0.2, -0.15) is 0 Å². The van der Waals surface area contributed by atoms with Gasteiger partial charge in [-0.3, -0.25) is 4.79 Å². The van der Waals surface area contributed by atoms with E-state index in [9.17, 15) is 4.79 Å². The molecule has 0 aromatic carbocycles. The summed E-state index contributed by atoms with van der Waals surface area (Å²) in [5.74, 6) is 1.74. The first-order valence-corrected chi connectivity index (χ1v) is 9.63. The Hall–Kier alpha value is 0.440. The molecule has 0 bridgehead atoms. The van der Waals surface area contributed by atoms with Gasteiger partial charge in [0.25, 0.3) is 0 Å². The molecule has 0 aromatic rings. The first kappa shape index (κ1) is 18.4. The Labute approximate surface area is 121 Å². The lowest BCUT2D eigenvalue weighted by atomic mass is 10.1. The summed E-state index contributed by atoms with van der Waals surface area (Å²) in [5.41, 5.74) is 5.44. The second-order valence-electron chi connectivity index (χ2n) is 3.77. The van der Waals surface area contributed by atoms with Crippen LogP contribution >= 0.6 is 33.3 Å². The van der Waals surface area contributed by atoms with Crippen LogP contribution in [0.5, 0.6) is 0 Å². The Morgan fingerprint density at radius 1 is 1.22 bits per heavy atom. The number of carbonyl (C=O) groups is 1. The molecule has 0 amide bonds. The summed E-state index contributed by atoms with van der Waals surface area (Å²) in [6, 6.07) is 0. The molecule has 18 heavy (non-hydrogen) atoms. The van der Waals surface area contributed by atoms with Crippen LogP contribution in [-0.2, 0) is 4.79 Å². The molecule has 0 saturated carbocycles. The fourth-order valence-corrected chi connectivity index (χ4v) is 4.64. The highest BCUT2D eigenvalue weighted by Gasteiger charge is 2.10. The molecule has 0 heterocycles. The van der Waals surface area contributed by atoms with Crippen LogP contribution in [0.3, 0.4) is 0 Å². The third-order valence-corrected chi connectivity index (χ3v) is 5.96. The molecular weight excluding hydrogens is 290 g/mol. The zero-order chi connectivity index (χ0) is 13.6. The molecule has 0 fully saturated rings. The van der Waals surface area contributed by atoms with Gasteiger partial charge in [-0.15, -0.1) is 11.8 Å². The number of aliphatic hydroxyl groups is 1. The largest absolute Gasteiger partial charge is 0.481 e. The topological polar surface area (TPSA) is 83.6 Å². The second kappa shape index (κ2) is 13.9. The van der Waals surface area contributed by atoms with Crippen molar-refractivity contribution in [2.75, 3.05) is 24.0 Å². The lowest BCUT2D eigenvalue weighted by Crippen LogP contribution is -2.06. The maximum absolute atomic E-state index is 10.4. The Balaban J connectivity index is 3.69. The van der Waals surface area contributed by atoms with Crippen LogP contribution in [0.1, 0.15) is 32.1 Å². The molecule has 108 valence electrons. The van der Waals surface area contributed by atoms with E-state index in [0.717, 1.165) is 37.2 Å². The van der Waals surface area contributed by atoms with Crippen molar-refractivity contribution in [3.63, 3.8) is 0 Å². The molecule has 0 rings (SSSR count). The van der Waals surface area contributed by atoms with E-state index in [1.54, 1.807) is 22.6 Å². The van der Waals surface area contributed by atoms with Gasteiger partial charge in [0.2, 0.25) is 0 Å². The maximum atomic E-state index is 10.4. The average molecular weight is 314 g/mol. The highest BCUT2D eigenvalue weighted by molar-refractivity contribution is 8.76. The predicted molar refractivity (Wildman–Crippen MR) is 83.2 cm³/mol. The van der Waals surface area contributed by atoms with Crippen molar-refractivity contribution in [3.8, 4) is 0 Å². The number of aliphatic hydroxyl groups excluding tert-OH is 1. The molecule has 0 aliphatic carbocycles. The van der Waals surface area contributed by atoms with Gasteiger partial charge >= 0.3 is 5.97 Å². The van der Waals surface area contributed by atoms with E-state index >= 15 is 0 Å². The van der Waals surface area contributed by atoms with Crippen LogP contribution in [0.25, 0.3) is 0 Å². The van der Waals surface area contributed by atoms with Gasteiger partial charge < -0.3 is 15.9 Å². The number of nitrogens with two attached hydrogens (primary N) is 1. The van der Waals surface area contributed by atoms with Crippen molar-refractivity contribution in [2.45, 2.75) is 37.4 Å². The lowest BCUT2D eigenvalue weighted by molar-refractivity contribution is -0.137. The monoisotopic (exact) mass is 313 g/mol. The van der Waals surface area contributed by atoms with Gasteiger partial charge in [0, 0.05) is 23.3 Å². The number of unbranched alkanes of at least 4 members (excludes halogenated alkanes) is 1. The highest BCUT2D eigenvalue weighted by Crippen LogP contribution is 2.32. The number of aliphatic carboxylic acids is 1. The van der Waals surface area contributed by atoms with Crippen molar-refractivity contribution in [1.29, 1.82) is 0 Å². The highest BCUT2D eigenvalue weighted by atomic mass is 33.1. The normalized spacial score (nSPS) is 12.6. The van der Waals surface area contributed by atoms with E-state index in [0.29, 0.717) is 11.1 Å². The zero-order valence-corrected chi connectivity index (χ0v) is 13.0. The Bertz CT molecular complexity index is 198. The van der Waals surface area contributed by atoms with E-state index in [1.165, 1.54) is 0 Å². The standard InChI is InChI=1S/C11H23NO3S3/c12-9-16-7-5-10(18-17-8-6-13)3-1-2-4-11(14)15/h10,13H,1-9,12H2,(H,14,15). The summed E-state index contributed by atoms with van der Waals surface area (Å²) in [4.78, 5) is 10.4. The molecule has 4 nitrogen and oxygen atoms in total. The predicted octanol–water partition coefficient (Wildman–Crippen LogP) is 2.41. The molecule has 0 saturated heterocycles. The molecule has 4 N–H and O–H groups in total. The van der Waals surface area contributed by atoms with Crippen molar-refractivity contribution in [3.05, 3.63) is 0 Å². The van der Waals surface area contributed by atoms with Crippen LogP contribution in [0, 0.1) is 0 Å². The lowest BCUT2D eigenvalue weighted by Gasteiger charge is -2.15.